The Morgan fingerprint density at radius 2 is 1.95 bits per heavy atom. The van der Waals surface area contributed by atoms with Gasteiger partial charge in [0.2, 0.25) is 0 Å². The number of nitriles is 1. The molecule has 4 atom stereocenters. The van der Waals surface area contributed by atoms with Crippen molar-refractivity contribution in [2.24, 2.45) is 23.2 Å². The molecule has 0 saturated heterocycles. The first-order chi connectivity index (χ1) is 17.5. The molecule has 0 aromatic carbocycles. The summed E-state index contributed by atoms with van der Waals surface area (Å²) in [6, 6.07) is 6.60. The number of carbonyl (C=O) groups is 1. The lowest BCUT2D eigenvalue weighted by Crippen LogP contribution is -2.51. The van der Waals surface area contributed by atoms with Gasteiger partial charge in [0.15, 0.2) is 8.32 Å². The van der Waals surface area contributed by atoms with Crippen LogP contribution in [0.1, 0.15) is 113 Å². The van der Waals surface area contributed by atoms with Crippen molar-refractivity contribution in [3.63, 3.8) is 0 Å². The van der Waals surface area contributed by atoms with Gasteiger partial charge in [0.05, 0.1) is 19.3 Å². The second-order valence-corrected chi connectivity index (χ2v) is 19.2. The SMILES string of the molecule is CCC1(C(CCC[C@@H]2[C@@H](CCCc3ccc(C(=O)OC)s3)CC[C@H]2C#N)O[Si](C)(C)C(C)(C)C)CCC1. The van der Waals surface area contributed by atoms with Crippen LogP contribution in [0.5, 0.6) is 0 Å². The third-order valence-corrected chi connectivity index (χ3v) is 15.8. The molecular weight excluding hydrogens is 494 g/mol. The van der Waals surface area contributed by atoms with Gasteiger partial charge in [0, 0.05) is 10.8 Å². The minimum atomic E-state index is -1.83. The van der Waals surface area contributed by atoms with E-state index in [2.05, 4.69) is 52.9 Å². The third kappa shape index (κ3) is 7.28. The van der Waals surface area contributed by atoms with Gasteiger partial charge in [0.25, 0.3) is 0 Å². The van der Waals surface area contributed by atoms with E-state index in [1.807, 2.05) is 6.07 Å². The first-order valence-electron chi connectivity index (χ1n) is 14.7. The van der Waals surface area contributed by atoms with Crippen molar-refractivity contribution < 1.29 is 14.0 Å². The minimum absolute atomic E-state index is 0.210. The van der Waals surface area contributed by atoms with Gasteiger partial charge in [-0.1, -0.05) is 40.5 Å². The highest BCUT2D eigenvalue weighted by Crippen LogP contribution is 2.52. The van der Waals surface area contributed by atoms with Crippen LogP contribution in [0.15, 0.2) is 12.1 Å². The molecule has 2 aliphatic carbocycles. The van der Waals surface area contributed by atoms with E-state index in [-0.39, 0.29) is 16.9 Å². The molecule has 208 valence electrons. The topological polar surface area (TPSA) is 59.3 Å². The minimum Gasteiger partial charge on any atom is -0.465 e. The monoisotopic (exact) mass is 545 g/mol. The number of nitrogens with zero attached hydrogens (tertiary/aromatic N) is 1. The number of ether oxygens (including phenoxy) is 1. The van der Waals surface area contributed by atoms with Crippen molar-refractivity contribution in [1.82, 2.24) is 0 Å². The Morgan fingerprint density at radius 3 is 2.51 bits per heavy atom. The predicted octanol–water partition coefficient (Wildman–Crippen LogP) is 9.16. The van der Waals surface area contributed by atoms with E-state index in [4.69, 9.17) is 9.16 Å². The fraction of sp³-hybridized carbons (Fsp3) is 0.806. The summed E-state index contributed by atoms with van der Waals surface area (Å²) in [5, 5.41) is 10.1. The van der Waals surface area contributed by atoms with E-state index >= 15 is 0 Å². The number of hydrogen-bond acceptors (Lipinski definition) is 5. The van der Waals surface area contributed by atoms with Gasteiger partial charge >= 0.3 is 5.97 Å². The molecule has 2 aliphatic rings. The van der Waals surface area contributed by atoms with Gasteiger partial charge in [-0.05, 0) is 112 Å². The number of esters is 1. The lowest BCUT2D eigenvalue weighted by Gasteiger charge is -2.51. The van der Waals surface area contributed by atoms with Crippen molar-refractivity contribution in [3.05, 3.63) is 21.9 Å². The molecule has 0 aliphatic heterocycles. The number of hydrogen-bond donors (Lipinski definition) is 0. The summed E-state index contributed by atoms with van der Waals surface area (Å²) in [6.07, 6.45) is 14.6. The van der Waals surface area contributed by atoms with E-state index in [0.717, 1.165) is 32.1 Å². The molecule has 0 radical (unpaired) electrons. The first kappa shape index (κ1) is 30.4. The zero-order valence-corrected chi connectivity index (χ0v) is 26.3. The van der Waals surface area contributed by atoms with Gasteiger partial charge in [-0.3, -0.25) is 0 Å². The number of rotatable bonds is 13. The Hall–Kier alpha value is -1.16. The first-order valence-corrected chi connectivity index (χ1v) is 18.4. The van der Waals surface area contributed by atoms with E-state index < -0.39 is 8.32 Å². The highest BCUT2D eigenvalue weighted by molar-refractivity contribution is 7.13. The molecule has 1 heterocycles. The maximum absolute atomic E-state index is 11.8. The summed E-state index contributed by atoms with van der Waals surface area (Å²) in [4.78, 5) is 13.7. The molecule has 3 rings (SSSR count). The lowest BCUT2D eigenvalue weighted by atomic mass is 9.62. The molecule has 1 aromatic heterocycles. The van der Waals surface area contributed by atoms with Gasteiger partial charge in [-0.25, -0.2) is 4.79 Å². The maximum Gasteiger partial charge on any atom is 0.348 e. The number of carbonyl (C=O) groups excluding carboxylic acids is 1. The smallest absolute Gasteiger partial charge is 0.348 e. The molecule has 0 N–H and O–H groups in total. The molecule has 4 nitrogen and oxygen atoms in total. The van der Waals surface area contributed by atoms with Gasteiger partial charge in [-0.15, -0.1) is 11.3 Å². The van der Waals surface area contributed by atoms with Gasteiger partial charge in [-0.2, -0.15) is 5.26 Å². The maximum atomic E-state index is 11.8. The normalized spacial score (nSPS) is 24.3. The van der Waals surface area contributed by atoms with Crippen LogP contribution in [0.4, 0.5) is 0 Å². The summed E-state index contributed by atoms with van der Waals surface area (Å²) >= 11 is 1.55. The Bertz CT molecular complexity index is 918. The van der Waals surface area contributed by atoms with Crippen LogP contribution in [-0.4, -0.2) is 27.5 Å². The van der Waals surface area contributed by atoms with Crippen molar-refractivity contribution >= 4 is 25.6 Å². The van der Waals surface area contributed by atoms with E-state index in [1.165, 1.54) is 56.9 Å². The summed E-state index contributed by atoms with van der Waals surface area (Å²) in [7, 11) is -0.396. The zero-order valence-electron chi connectivity index (χ0n) is 24.5. The number of aryl methyl sites for hydroxylation is 1. The van der Waals surface area contributed by atoms with Crippen molar-refractivity contribution in [2.75, 3.05) is 7.11 Å². The lowest BCUT2D eigenvalue weighted by molar-refractivity contribution is -0.0355. The van der Waals surface area contributed by atoms with Crippen LogP contribution in [-0.2, 0) is 15.6 Å². The molecule has 1 unspecified atom stereocenters. The molecule has 1 aromatic rings. The molecule has 2 fully saturated rings. The number of methoxy groups -OCH3 is 1. The standard InChI is InChI=1S/C31H51NO3SSi/c1-8-31(20-11-21-31)28(35-37(6,7)30(2,3)4)15-10-14-26-23(16-17-24(26)22-32)12-9-13-25-18-19-27(36-25)29(33)34-5/h18-19,23-24,26,28H,8-17,20-21H2,1-7H3/t23-,24-,26+,28?/m0/s1. The predicted molar refractivity (Wildman–Crippen MR) is 156 cm³/mol. The average molecular weight is 546 g/mol. The summed E-state index contributed by atoms with van der Waals surface area (Å²) in [5.74, 6) is 1.13. The fourth-order valence-electron chi connectivity index (χ4n) is 6.46. The Morgan fingerprint density at radius 1 is 1.22 bits per heavy atom. The van der Waals surface area contributed by atoms with Gasteiger partial charge < -0.3 is 9.16 Å². The summed E-state index contributed by atoms with van der Waals surface area (Å²) in [6.45, 7) is 14.2. The Labute approximate surface area is 231 Å². The average Bonchev–Trinajstić information content (AvgIpc) is 3.44. The molecule has 37 heavy (non-hydrogen) atoms. The van der Waals surface area contributed by atoms with Crippen LogP contribution in [0, 0.1) is 34.5 Å². The van der Waals surface area contributed by atoms with Crippen molar-refractivity contribution in [2.45, 2.75) is 129 Å². The van der Waals surface area contributed by atoms with Crippen LogP contribution in [0.3, 0.4) is 0 Å². The van der Waals surface area contributed by atoms with Crippen LogP contribution < -0.4 is 0 Å². The second-order valence-electron chi connectivity index (χ2n) is 13.3. The molecule has 0 spiro atoms. The second kappa shape index (κ2) is 12.8. The van der Waals surface area contributed by atoms with Crippen LogP contribution in [0.2, 0.25) is 18.1 Å². The van der Waals surface area contributed by atoms with E-state index in [9.17, 15) is 10.1 Å². The highest BCUT2D eigenvalue weighted by Gasteiger charge is 2.48. The van der Waals surface area contributed by atoms with E-state index in [0.29, 0.717) is 28.2 Å². The summed E-state index contributed by atoms with van der Waals surface area (Å²) in [5.41, 5.74) is 0.378. The fourth-order valence-corrected chi connectivity index (χ4v) is 8.86. The highest BCUT2D eigenvalue weighted by atomic mass is 32.1. The quantitative estimate of drug-likeness (QED) is 0.183. The third-order valence-electron chi connectivity index (χ3n) is 10.2. The van der Waals surface area contributed by atoms with Crippen molar-refractivity contribution in [1.29, 1.82) is 5.26 Å². The number of thiophene rings is 1. The molecular formula is C31H51NO3SSi. The molecule has 0 bridgehead atoms. The van der Waals surface area contributed by atoms with Gasteiger partial charge in [0.1, 0.15) is 4.88 Å². The van der Waals surface area contributed by atoms with Crippen LogP contribution in [0.25, 0.3) is 0 Å². The zero-order chi connectivity index (χ0) is 27.3. The van der Waals surface area contributed by atoms with Crippen molar-refractivity contribution in [3.8, 4) is 6.07 Å². The Kier molecular flexibility index (Phi) is 10.5. The summed E-state index contributed by atoms with van der Waals surface area (Å²) < 4.78 is 12.0. The van der Waals surface area contributed by atoms with E-state index in [1.54, 1.807) is 11.3 Å². The molecule has 6 heteroatoms. The Balaban J connectivity index is 1.57. The molecule has 2 saturated carbocycles. The largest absolute Gasteiger partial charge is 0.465 e. The molecule has 0 amide bonds. The van der Waals surface area contributed by atoms with Crippen LogP contribution >= 0.6 is 11.3 Å².